The van der Waals surface area contributed by atoms with Crippen LogP contribution in [0.15, 0.2) is 42.6 Å². The SMILES string of the molecule is Cc1cc(C)c(C(=O)N[C@H](Cc2c[nH]c3ccccc23)C(=O)O)c(C)c1. The number of para-hydroxylation sites is 1. The van der Waals surface area contributed by atoms with Crippen LogP contribution in [0.3, 0.4) is 0 Å². The first-order chi connectivity index (χ1) is 12.4. The molecule has 5 nitrogen and oxygen atoms in total. The number of amides is 1. The van der Waals surface area contributed by atoms with Crippen LogP contribution in [0, 0.1) is 20.8 Å². The number of aryl methyl sites for hydroxylation is 3. The summed E-state index contributed by atoms with van der Waals surface area (Å²) in [5.74, 6) is -1.40. The lowest BCUT2D eigenvalue weighted by Gasteiger charge is -2.17. The molecule has 1 atom stereocenters. The van der Waals surface area contributed by atoms with Gasteiger partial charge in [0.15, 0.2) is 0 Å². The van der Waals surface area contributed by atoms with Gasteiger partial charge in [0, 0.05) is 29.1 Å². The first-order valence-corrected chi connectivity index (χ1v) is 8.53. The fraction of sp³-hybridized carbons (Fsp3) is 0.238. The van der Waals surface area contributed by atoms with E-state index in [9.17, 15) is 14.7 Å². The predicted molar refractivity (Wildman–Crippen MR) is 102 cm³/mol. The number of nitrogens with one attached hydrogen (secondary N) is 2. The van der Waals surface area contributed by atoms with Gasteiger partial charge in [-0.15, -0.1) is 0 Å². The fourth-order valence-electron chi connectivity index (χ4n) is 3.49. The zero-order valence-electron chi connectivity index (χ0n) is 15.1. The lowest BCUT2D eigenvalue weighted by atomic mass is 9.98. The minimum absolute atomic E-state index is 0.217. The zero-order valence-corrected chi connectivity index (χ0v) is 15.1. The van der Waals surface area contributed by atoms with E-state index in [-0.39, 0.29) is 12.3 Å². The zero-order chi connectivity index (χ0) is 18.8. The highest BCUT2D eigenvalue weighted by atomic mass is 16.4. The van der Waals surface area contributed by atoms with E-state index < -0.39 is 12.0 Å². The summed E-state index contributed by atoms with van der Waals surface area (Å²) in [7, 11) is 0. The summed E-state index contributed by atoms with van der Waals surface area (Å²) in [6.45, 7) is 5.70. The molecule has 2 aromatic carbocycles. The van der Waals surface area contributed by atoms with Gasteiger partial charge in [-0.2, -0.15) is 0 Å². The van der Waals surface area contributed by atoms with Crippen LogP contribution in [-0.2, 0) is 11.2 Å². The van der Waals surface area contributed by atoms with Crippen molar-refractivity contribution in [2.24, 2.45) is 0 Å². The lowest BCUT2D eigenvalue weighted by molar-refractivity contribution is -0.139. The molecule has 1 heterocycles. The number of carboxylic acids is 1. The molecule has 3 aromatic rings. The Bertz CT molecular complexity index is 965. The van der Waals surface area contributed by atoms with E-state index in [1.54, 1.807) is 6.20 Å². The molecule has 0 radical (unpaired) electrons. The molecule has 0 aliphatic rings. The normalized spacial score (nSPS) is 12.1. The Morgan fingerprint density at radius 2 is 1.77 bits per heavy atom. The standard InChI is InChI=1S/C21H22N2O3/c1-12-8-13(2)19(14(3)9-12)20(24)23-18(21(25)26)10-15-11-22-17-7-5-4-6-16(15)17/h4-9,11,18,22H,10H2,1-3H3,(H,23,24)(H,25,26)/t18-/m1/s1. The Morgan fingerprint density at radius 1 is 1.12 bits per heavy atom. The van der Waals surface area contributed by atoms with Crippen molar-refractivity contribution in [1.82, 2.24) is 10.3 Å². The molecule has 0 saturated carbocycles. The number of hydrogen-bond donors (Lipinski definition) is 3. The summed E-state index contributed by atoms with van der Waals surface area (Å²) in [6.07, 6.45) is 2.02. The average molecular weight is 350 g/mol. The molecule has 0 bridgehead atoms. The molecule has 0 spiro atoms. The Balaban J connectivity index is 1.85. The van der Waals surface area contributed by atoms with Crippen LogP contribution in [0.4, 0.5) is 0 Å². The second-order valence-electron chi connectivity index (χ2n) is 6.70. The number of carboxylic acid groups (broad SMARTS) is 1. The average Bonchev–Trinajstić information content (AvgIpc) is 2.96. The number of benzene rings is 2. The second-order valence-corrected chi connectivity index (χ2v) is 6.70. The first-order valence-electron chi connectivity index (χ1n) is 8.53. The number of hydrogen-bond acceptors (Lipinski definition) is 2. The third-order valence-electron chi connectivity index (χ3n) is 4.61. The summed E-state index contributed by atoms with van der Waals surface area (Å²) in [5.41, 5.74) is 5.12. The molecule has 0 aliphatic carbocycles. The highest BCUT2D eigenvalue weighted by Gasteiger charge is 2.24. The van der Waals surface area contributed by atoms with Crippen LogP contribution in [0.1, 0.15) is 32.6 Å². The number of rotatable bonds is 5. The van der Waals surface area contributed by atoms with Gasteiger partial charge in [-0.1, -0.05) is 35.9 Å². The van der Waals surface area contributed by atoms with Crippen LogP contribution in [0.25, 0.3) is 10.9 Å². The fourth-order valence-corrected chi connectivity index (χ4v) is 3.49. The van der Waals surface area contributed by atoms with Crippen molar-refractivity contribution < 1.29 is 14.7 Å². The monoisotopic (exact) mass is 350 g/mol. The third kappa shape index (κ3) is 3.47. The molecule has 0 aliphatic heterocycles. The topological polar surface area (TPSA) is 82.2 Å². The van der Waals surface area contributed by atoms with Crippen LogP contribution in [0.2, 0.25) is 0 Å². The van der Waals surface area contributed by atoms with Crippen molar-refractivity contribution in [3.8, 4) is 0 Å². The smallest absolute Gasteiger partial charge is 0.326 e. The number of carbonyl (C=O) groups is 2. The summed E-state index contributed by atoms with van der Waals surface area (Å²) in [5, 5.41) is 13.3. The van der Waals surface area contributed by atoms with Gasteiger partial charge in [-0.3, -0.25) is 4.79 Å². The summed E-state index contributed by atoms with van der Waals surface area (Å²) in [6, 6.07) is 10.6. The van der Waals surface area contributed by atoms with Gasteiger partial charge in [-0.25, -0.2) is 4.79 Å². The molecule has 134 valence electrons. The van der Waals surface area contributed by atoms with Crippen molar-refractivity contribution in [2.45, 2.75) is 33.2 Å². The van der Waals surface area contributed by atoms with Gasteiger partial charge >= 0.3 is 5.97 Å². The summed E-state index contributed by atoms with van der Waals surface area (Å²) < 4.78 is 0. The van der Waals surface area contributed by atoms with E-state index >= 15 is 0 Å². The van der Waals surface area contributed by atoms with Crippen molar-refractivity contribution >= 4 is 22.8 Å². The van der Waals surface area contributed by atoms with E-state index in [2.05, 4.69) is 10.3 Å². The molecule has 3 N–H and O–H groups in total. The van der Waals surface area contributed by atoms with Crippen LogP contribution in [-0.4, -0.2) is 28.0 Å². The molecule has 1 aromatic heterocycles. The summed E-state index contributed by atoms with van der Waals surface area (Å²) in [4.78, 5) is 27.6. The quantitative estimate of drug-likeness (QED) is 0.658. The maximum absolute atomic E-state index is 12.7. The number of H-pyrrole nitrogens is 1. The van der Waals surface area contributed by atoms with Gasteiger partial charge in [-0.05, 0) is 43.5 Å². The number of aliphatic carboxylic acids is 1. The van der Waals surface area contributed by atoms with Gasteiger partial charge in [0.2, 0.25) is 0 Å². The molecule has 3 rings (SSSR count). The van der Waals surface area contributed by atoms with E-state index in [4.69, 9.17) is 0 Å². The largest absolute Gasteiger partial charge is 0.480 e. The maximum Gasteiger partial charge on any atom is 0.326 e. The molecule has 0 saturated heterocycles. The van der Waals surface area contributed by atoms with E-state index in [0.717, 1.165) is 33.2 Å². The minimum atomic E-state index is -1.05. The lowest BCUT2D eigenvalue weighted by Crippen LogP contribution is -2.42. The van der Waals surface area contributed by atoms with Crippen LogP contribution < -0.4 is 5.32 Å². The Kier molecular flexibility index (Phi) is 4.80. The van der Waals surface area contributed by atoms with Crippen LogP contribution in [0.5, 0.6) is 0 Å². The number of fused-ring (bicyclic) bond motifs is 1. The molecule has 26 heavy (non-hydrogen) atoms. The Labute approximate surface area is 152 Å². The van der Waals surface area contributed by atoms with Crippen molar-refractivity contribution in [1.29, 1.82) is 0 Å². The van der Waals surface area contributed by atoms with Gasteiger partial charge in [0.05, 0.1) is 0 Å². The molecule has 0 fully saturated rings. The Hall–Kier alpha value is -3.08. The van der Waals surface area contributed by atoms with E-state index in [0.29, 0.717) is 5.56 Å². The molecule has 1 amide bonds. The number of aromatic nitrogens is 1. The molecule has 5 heteroatoms. The predicted octanol–water partition coefficient (Wildman–Crippen LogP) is 3.52. The highest BCUT2D eigenvalue weighted by Crippen LogP contribution is 2.20. The van der Waals surface area contributed by atoms with Gasteiger partial charge in [0.1, 0.15) is 6.04 Å². The van der Waals surface area contributed by atoms with E-state index in [1.807, 2.05) is 57.2 Å². The van der Waals surface area contributed by atoms with Crippen molar-refractivity contribution in [3.63, 3.8) is 0 Å². The van der Waals surface area contributed by atoms with Crippen LogP contribution >= 0.6 is 0 Å². The molecular weight excluding hydrogens is 328 g/mol. The maximum atomic E-state index is 12.7. The number of carbonyl (C=O) groups excluding carboxylic acids is 1. The van der Waals surface area contributed by atoms with E-state index in [1.165, 1.54) is 0 Å². The molecule has 0 unspecified atom stereocenters. The minimum Gasteiger partial charge on any atom is -0.480 e. The molecular formula is C21H22N2O3. The summed E-state index contributed by atoms with van der Waals surface area (Å²) >= 11 is 0. The second kappa shape index (κ2) is 7.04. The van der Waals surface area contributed by atoms with Gasteiger partial charge < -0.3 is 15.4 Å². The Morgan fingerprint density at radius 3 is 2.42 bits per heavy atom. The highest BCUT2D eigenvalue weighted by molar-refractivity contribution is 5.99. The van der Waals surface area contributed by atoms with Crippen molar-refractivity contribution in [2.75, 3.05) is 0 Å². The third-order valence-corrected chi connectivity index (χ3v) is 4.61. The van der Waals surface area contributed by atoms with Crippen molar-refractivity contribution in [3.05, 3.63) is 70.4 Å². The number of aromatic amines is 1. The van der Waals surface area contributed by atoms with Gasteiger partial charge in [0.25, 0.3) is 5.91 Å². The first kappa shape index (κ1) is 17.7.